The van der Waals surface area contributed by atoms with Crippen LogP contribution in [0.25, 0.3) is 0 Å². The number of aromatic carboxylic acids is 1. The van der Waals surface area contributed by atoms with E-state index >= 15 is 0 Å². The molecule has 1 aliphatic rings. The van der Waals surface area contributed by atoms with Gasteiger partial charge in [-0.25, -0.2) is 26.7 Å². The Kier molecular flexibility index (Phi) is 3.31. The summed E-state index contributed by atoms with van der Waals surface area (Å²) < 4.78 is 52.7. The van der Waals surface area contributed by atoms with Gasteiger partial charge in [-0.2, -0.15) is 0 Å². The lowest BCUT2D eigenvalue weighted by molar-refractivity contribution is 0.0696. The second kappa shape index (κ2) is 4.53. The van der Waals surface area contributed by atoms with Gasteiger partial charge in [0.2, 0.25) is 10.0 Å². The summed E-state index contributed by atoms with van der Waals surface area (Å²) in [6, 6.07) is 0.730. The normalized spacial score (nSPS) is 22.3. The van der Waals surface area contributed by atoms with Gasteiger partial charge in [0.15, 0.2) is 11.6 Å². The minimum atomic E-state index is -4.27. The number of hydrogen-bond acceptors (Lipinski definition) is 3. The second-order valence-electron chi connectivity index (χ2n) is 4.52. The van der Waals surface area contributed by atoms with Crippen molar-refractivity contribution in [1.82, 2.24) is 4.72 Å². The van der Waals surface area contributed by atoms with Gasteiger partial charge in [-0.1, -0.05) is 6.92 Å². The zero-order valence-electron chi connectivity index (χ0n) is 9.85. The van der Waals surface area contributed by atoms with Crippen LogP contribution in [-0.4, -0.2) is 25.5 Å². The molecule has 0 spiro atoms. The number of hydrogen-bond donors (Lipinski definition) is 2. The fraction of sp³-hybridized carbons (Fsp3) is 0.364. The SMILES string of the molecule is CC1CC1NS(=O)(=O)c1cc(C(=O)O)cc(F)c1F. The van der Waals surface area contributed by atoms with Crippen LogP contribution in [0.3, 0.4) is 0 Å². The first-order valence-corrected chi connectivity index (χ1v) is 6.95. The molecule has 1 aromatic carbocycles. The van der Waals surface area contributed by atoms with Crippen molar-refractivity contribution in [2.45, 2.75) is 24.3 Å². The molecule has 0 amide bonds. The van der Waals surface area contributed by atoms with Crippen LogP contribution in [0.1, 0.15) is 23.7 Å². The van der Waals surface area contributed by atoms with Crippen LogP contribution in [0.2, 0.25) is 0 Å². The molecular formula is C11H11F2NO4S. The Morgan fingerprint density at radius 1 is 1.42 bits per heavy atom. The summed E-state index contributed by atoms with van der Waals surface area (Å²) in [5, 5.41) is 8.72. The van der Waals surface area contributed by atoms with Gasteiger partial charge < -0.3 is 5.11 Å². The van der Waals surface area contributed by atoms with Gasteiger partial charge in [-0.3, -0.25) is 0 Å². The summed E-state index contributed by atoms with van der Waals surface area (Å²) >= 11 is 0. The minimum Gasteiger partial charge on any atom is -0.478 e. The van der Waals surface area contributed by atoms with Crippen LogP contribution < -0.4 is 4.72 Å². The van der Waals surface area contributed by atoms with Crippen LogP contribution in [-0.2, 0) is 10.0 Å². The van der Waals surface area contributed by atoms with Crippen molar-refractivity contribution in [3.63, 3.8) is 0 Å². The Balaban J connectivity index is 2.45. The zero-order valence-corrected chi connectivity index (χ0v) is 10.7. The van der Waals surface area contributed by atoms with E-state index in [0.717, 1.165) is 0 Å². The Hall–Kier alpha value is -1.54. The average molecular weight is 291 g/mol. The molecule has 0 bridgehead atoms. The van der Waals surface area contributed by atoms with Crippen LogP contribution >= 0.6 is 0 Å². The monoisotopic (exact) mass is 291 g/mol. The fourth-order valence-electron chi connectivity index (χ4n) is 1.63. The van der Waals surface area contributed by atoms with Gasteiger partial charge in [0.05, 0.1) is 5.56 Å². The van der Waals surface area contributed by atoms with E-state index in [1.807, 2.05) is 0 Å². The van der Waals surface area contributed by atoms with E-state index in [-0.39, 0.29) is 12.0 Å². The Bertz CT molecular complexity index is 644. The quantitative estimate of drug-likeness (QED) is 0.877. The van der Waals surface area contributed by atoms with Gasteiger partial charge >= 0.3 is 5.97 Å². The molecule has 0 saturated heterocycles. The van der Waals surface area contributed by atoms with Gasteiger partial charge in [0.1, 0.15) is 4.90 Å². The lowest BCUT2D eigenvalue weighted by atomic mass is 10.2. The molecule has 1 saturated carbocycles. The summed E-state index contributed by atoms with van der Waals surface area (Å²) in [6.07, 6.45) is 0.613. The molecule has 0 heterocycles. The van der Waals surface area contributed by atoms with E-state index in [2.05, 4.69) is 4.72 Å². The van der Waals surface area contributed by atoms with Crippen molar-refractivity contribution in [2.75, 3.05) is 0 Å². The molecule has 2 rings (SSSR count). The van der Waals surface area contributed by atoms with Crippen molar-refractivity contribution >= 4 is 16.0 Å². The molecule has 1 aliphatic carbocycles. The predicted octanol–water partition coefficient (Wildman–Crippen LogP) is 1.35. The van der Waals surface area contributed by atoms with Gasteiger partial charge in [0.25, 0.3) is 0 Å². The molecule has 2 N–H and O–H groups in total. The molecular weight excluding hydrogens is 280 g/mol. The van der Waals surface area contributed by atoms with Crippen molar-refractivity contribution < 1.29 is 27.1 Å². The lowest BCUT2D eigenvalue weighted by Gasteiger charge is -2.08. The number of rotatable bonds is 4. The molecule has 2 unspecified atom stereocenters. The average Bonchev–Trinajstić information content (AvgIpc) is 2.96. The summed E-state index contributed by atoms with van der Waals surface area (Å²) in [5.74, 6) is -4.49. The van der Waals surface area contributed by atoms with Crippen molar-refractivity contribution in [2.24, 2.45) is 5.92 Å². The molecule has 19 heavy (non-hydrogen) atoms. The summed E-state index contributed by atoms with van der Waals surface area (Å²) in [4.78, 5) is 9.74. The molecule has 0 aliphatic heterocycles. The molecule has 8 heteroatoms. The summed E-state index contributed by atoms with van der Waals surface area (Å²) in [7, 11) is -4.27. The first-order chi connectivity index (χ1) is 8.72. The molecule has 2 atom stereocenters. The third kappa shape index (κ3) is 2.74. The molecule has 0 radical (unpaired) electrons. The topological polar surface area (TPSA) is 83.5 Å². The second-order valence-corrected chi connectivity index (χ2v) is 6.20. The Morgan fingerprint density at radius 3 is 2.47 bits per heavy atom. The number of sulfonamides is 1. The lowest BCUT2D eigenvalue weighted by Crippen LogP contribution is -2.28. The van der Waals surface area contributed by atoms with Gasteiger partial charge in [-0.05, 0) is 24.5 Å². The number of carbonyl (C=O) groups is 1. The first kappa shape index (κ1) is 13.9. The zero-order chi connectivity index (χ0) is 14.4. The number of benzene rings is 1. The van der Waals surface area contributed by atoms with Crippen LogP contribution in [0, 0.1) is 17.6 Å². The fourth-order valence-corrected chi connectivity index (χ4v) is 3.10. The highest BCUT2D eigenvalue weighted by Crippen LogP contribution is 2.31. The number of nitrogens with one attached hydrogen (secondary N) is 1. The third-order valence-corrected chi connectivity index (χ3v) is 4.44. The van der Waals surface area contributed by atoms with Gasteiger partial charge in [-0.15, -0.1) is 0 Å². The van der Waals surface area contributed by atoms with E-state index < -0.39 is 38.1 Å². The van der Waals surface area contributed by atoms with E-state index in [9.17, 15) is 22.0 Å². The highest BCUT2D eigenvalue weighted by atomic mass is 32.2. The molecule has 1 aromatic rings. The molecule has 5 nitrogen and oxygen atoms in total. The van der Waals surface area contributed by atoms with Crippen LogP contribution in [0.4, 0.5) is 8.78 Å². The smallest absolute Gasteiger partial charge is 0.335 e. The van der Waals surface area contributed by atoms with Gasteiger partial charge in [0, 0.05) is 6.04 Å². The maximum Gasteiger partial charge on any atom is 0.335 e. The summed E-state index contributed by atoms with van der Waals surface area (Å²) in [6.45, 7) is 1.80. The highest BCUT2D eigenvalue weighted by molar-refractivity contribution is 7.89. The van der Waals surface area contributed by atoms with Crippen LogP contribution in [0.15, 0.2) is 17.0 Å². The van der Waals surface area contributed by atoms with Crippen molar-refractivity contribution in [3.05, 3.63) is 29.3 Å². The van der Waals surface area contributed by atoms with E-state index in [1.54, 1.807) is 6.92 Å². The molecule has 104 valence electrons. The predicted molar refractivity (Wildman–Crippen MR) is 61.2 cm³/mol. The molecule has 1 fully saturated rings. The van der Waals surface area contributed by atoms with Crippen molar-refractivity contribution in [3.8, 4) is 0 Å². The van der Waals surface area contributed by atoms with E-state index in [1.165, 1.54) is 0 Å². The molecule has 0 aromatic heterocycles. The van der Waals surface area contributed by atoms with E-state index in [4.69, 9.17) is 5.11 Å². The highest BCUT2D eigenvalue weighted by Gasteiger charge is 2.37. The standard InChI is InChI=1S/C11H11F2NO4S/c1-5-2-8(5)14-19(17,18)9-4-6(11(15)16)3-7(12)10(9)13/h3-5,8,14H,2H2,1H3,(H,15,16). The van der Waals surface area contributed by atoms with E-state index in [0.29, 0.717) is 18.6 Å². The Labute approximate surface area is 108 Å². The largest absolute Gasteiger partial charge is 0.478 e. The summed E-state index contributed by atoms with van der Waals surface area (Å²) in [5.41, 5.74) is -0.622. The number of carboxylic acid groups (broad SMARTS) is 1. The maximum absolute atomic E-state index is 13.5. The Morgan fingerprint density at radius 2 is 2.00 bits per heavy atom. The minimum absolute atomic E-state index is 0.130. The maximum atomic E-state index is 13.5. The van der Waals surface area contributed by atoms with Crippen LogP contribution in [0.5, 0.6) is 0 Å². The number of carboxylic acids is 1. The number of halogens is 2. The first-order valence-electron chi connectivity index (χ1n) is 5.47. The van der Waals surface area contributed by atoms with Crippen molar-refractivity contribution in [1.29, 1.82) is 0 Å². The third-order valence-electron chi connectivity index (χ3n) is 2.95.